The maximum Gasteiger partial charge on any atom is 0.328 e. The van der Waals surface area contributed by atoms with Crippen LogP contribution in [0.15, 0.2) is 24.3 Å². The van der Waals surface area contributed by atoms with Gasteiger partial charge in [-0.3, -0.25) is 4.79 Å². The minimum atomic E-state index is -1.04. The van der Waals surface area contributed by atoms with Crippen molar-refractivity contribution in [2.45, 2.75) is 6.04 Å². The van der Waals surface area contributed by atoms with E-state index in [2.05, 4.69) is 0 Å². The van der Waals surface area contributed by atoms with Crippen LogP contribution in [0.4, 0.5) is 5.69 Å². The number of nitrogens with zero attached hydrogens (tertiary/aromatic N) is 2. The summed E-state index contributed by atoms with van der Waals surface area (Å²) < 4.78 is 5.13. The van der Waals surface area contributed by atoms with Crippen molar-refractivity contribution >= 4 is 17.6 Å². The number of ether oxygens (including phenoxy) is 1. The van der Waals surface area contributed by atoms with Crippen LogP contribution in [0.1, 0.15) is 10.4 Å². The zero-order valence-electron chi connectivity index (χ0n) is 11.6. The zero-order valence-corrected chi connectivity index (χ0v) is 11.6. The maximum atomic E-state index is 12.4. The summed E-state index contributed by atoms with van der Waals surface area (Å²) in [5, 5.41) is 9.14. The first-order chi connectivity index (χ1) is 9.50. The molecule has 1 amide bonds. The van der Waals surface area contributed by atoms with Gasteiger partial charge in [0.25, 0.3) is 5.91 Å². The molecule has 6 nitrogen and oxygen atoms in total. The summed E-state index contributed by atoms with van der Waals surface area (Å²) >= 11 is 0. The number of carbonyl (C=O) groups is 2. The van der Waals surface area contributed by atoms with E-state index in [1.165, 1.54) is 4.90 Å². The summed E-state index contributed by atoms with van der Waals surface area (Å²) in [4.78, 5) is 26.8. The number of hydrogen-bond acceptors (Lipinski definition) is 4. The summed E-state index contributed by atoms with van der Waals surface area (Å²) in [7, 11) is 3.83. The Bertz CT molecular complexity index is 498. The second-order valence-electron chi connectivity index (χ2n) is 4.87. The van der Waals surface area contributed by atoms with Crippen molar-refractivity contribution < 1.29 is 19.4 Å². The third-order valence-electron chi connectivity index (χ3n) is 3.31. The van der Waals surface area contributed by atoms with Crippen LogP contribution in [-0.4, -0.2) is 61.8 Å². The topological polar surface area (TPSA) is 70.1 Å². The highest BCUT2D eigenvalue weighted by Crippen LogP contribution is 2.16. The highest BCUT2D eigenvalue weighted by atomic mass is 16.5. The molecule has 1 saturated heterocycles. The molecule has 1 N–H and O–H groups in total. The number of amides is 1. The van der Waals surface area contributed by atoms with E-state index in [1.54, 1.807) is 12.1 Å². The second-order valence-corrected chi connectivity index (χ2v) is 4.87. The molecule has 2 rings (SSSR count). The lowest BCUT2D eigenvalue weighted by atomic mass is 10.1. The fraction of sp³-hybridized carbons (Fsp3) is 0.429. The van der Waals surface area contributed by atoms with Gasteiger partial charge in [0, 0.05) is 31.9 Å². The van der Waals surface area contributed by atoms with E-state index < -0.39 is 12.0 Å². The van der Waals surface area contributed by atoms with Crippen molar-refractivity contribution in [1.82, 2.24) is 4.90 Å². The third kappa shape index (κ3) is 2.91. The number of carboxylic acid groups (broad SMARTS) is 1. The fourth-order valence-corrected chi connectivity index (χ4v) is 2.12. The Morgan fingerprint density at radius 2 is 1.95 bits per heavy atom. The highest BCUT2D eigenvalue weighted by Gasteiger charge is 2.33. The van der Waals surface area contributed by atoms with Crippen molar-refractivity contribution in [1.29, 1.82) is 0 Å². The molecule has 0 saturated carbocycles. The molecule has 1 fully saturated rings. The smallest absolute Gasteiger partial charge is 0.328 e. The predicted molar refractivity (Wildman–Crippen MR) is 74.0 cm³/mol. The Kier molecular flexibility index (Phi) is 4.24. The fourth-order valence-electron chi connectivity index (χ4n) is 2.12. The van der Waals surface area contributed by atoms with Crippen LogP contribution < -0.4 is 4.90 Å². The van der Waals surface area contributed by atoms with Gasteiger partial charge in [0.2, 0.25) is 0 Å². The number of aliphatic carboxylic acids is 1. The molecule has 20 heavy (non-hydrogen) atoms. The first kappa shape index (κ1) is 14.3. The van der Waals surface area contributed by atoms with Crippen LogP contribution in [0.25, 0.3) is 0 Å². The van der Waals surface area contributed by atoms with Crippen LogP contribution >= 0.6 is 0 Å². The molecule has 1 unspecified atom stereocenters. The van der Waals surface area contributed by atoms with Gasteiger partial charge in [-0.15, -0.1) is 0 Å². The number of anilines is 1. The molecule has 0 aromatic heterocycles. The normalized spacial score (nSPS) is 18.7. The lowest BCUT2D eigenvalue weighted by Gasteiger charge is -2.32. The minimum Gasteiger partial charge on any atom is -0.480 e. The number of morpholine rings is 1. The summed E-state index contributed by atoms with van der Waals surface area (Å²) in [5.74, 6) is -1.31. The molecule has 108 valence electrons. The van der Waals surface area contributed by atoms with Crippen molar-refractivity contribution in [3.63, 3.8) is 0 Å². The van der Waals surface area contributed by atoms with Gasteiger partial charge in [-0.25, -0.2) is 4.79 Å². The first-order valence-corrected chi connectivity index (χ1v) is 6.39. The van der Waals surface area contributed by atoms with Gasteiger partial charge in [0.05, 0.1) is 13.2 Å². The Labute approximate surface area is 117 Å². The van der Waals surface area contributed by atoms with Gasteiger partial charge >= 0.3 is 5.97 Å². The van der Waals surface area contributed by atoms with Crippen molar-refractivity contribution in [2.75, 3.05) is 38.8 Å². The first-order valence-electron chi connectivity index (χ1n) is 6.39. The van der Waals surface area contributed by atoms with Crippen molar-refractivity contribution in [3.8, 4) is 0 Å². The quantitative estimate of drug-likeness (QED) is 0.880. The summed E-state index contributed by atoms with van der Waals surface area (Å²) in [5.41, 5.74) is 1.47. The molecule has 0 bridgehead atoms. The molecule has 1 atom stereocenters. The monoisotopic (exact) mass is 278 g/mol. The molecule has 6 heteroatoms. The minimum absolute atomic E-state index is 0.0385. The number of rotatable bonds is 3. The summed E-state index contributed by atoms with van der Waals surface area (Å²) in [6.45, 7) is 0.702. The molecular formula is C14H18N2O4. The van der Waals surface area contributed by atoms with Crippen LogP contribution in [0.3, 0.4) is 0 Å². The summed E-state index contributed by atoms with van der Waals surface area (Å²) in [6, 6.07) is 6.19. The van der Waals surface area contributed by atoms with Crippen LogP contribution in [0, 0.1) is 0 Å². The molecule has 0 aliphatic carbocycles. The lowest BCUT2D eigenvalue weighted by Crippen LogP contribution is -2.52. The van der Waals surface area contributed by atoms with E-state index in [0.29, 0.717) is 18.7 Å². The van der Waals surface area contributed by atoms with Gasteiger partial charge in [-0.05, 0) is 24.3 Å². The summed E-state index contributed by atoms with van der Waals surface area (Å²) in [6.07, 6.45) is 0. The third-order valence-corrected chi connectivity index (χ3v) is 3.31. The van der Waals surface area contributed by atoms with Gasteiger partial charge < -0.3 is 19.6 Å². The predicted octanol–water partition coefficient (Wildman–Crippen LogP) is 0.678. The Morgan fingerprint density at radius 3 is 2.50 bits per heavy atom. The second kappa shape index (κ2) is 5.92. The van der Waals surface area contributed by atoms with Gasteiger partial charge in [0.15, 0.2) is 6.04 Å². The molecule has 0 radical (unpaired) electrons. The number of benzene rings is 1. The SMILES string of the molecule is CN(C)c1ccc(C(=O)N2CCOCC2C(=O)O)cc1. The Balaban J connectivity index is 2.18. The van der Waals surface area contributed by atoms with Gasteiger partial charge in [0.1, 0.15) is 0 Å². The molecule has 0 spiro atoms. The van der Waals surface area contributed by atoms with Crippen LogP contribution in [0.2, 0.25) is 0 Å². The van der Waals surface area contributed by atoms with E-state index >= 15 is 0 Å². The number of carboxylic acids is 1. The Morgan fingerprint density at radius 1 is 1.30 bits per heavy atom. The average molecular weight is 278 g/mol. The van der Waals surface area contributed by atoms with Gasteiger partial charge in [-0.2, -0.15) is 0 Å². The van der Waals surface area contributed by atoms with E-state index in [9.17, 15) is 9.59 Å². The number of hydrogen-bond donors (Lipinski definition) is 1. The molecule has 1 aliphatic rings. The zero-order chi connectivity index (χ0) is 14.7. The standard InChI is InChI=1S/C14H18N2O4/c1-15(2)11-5-3-10(4-6-11)13(17)16-7-8-20-9-12(16)14(18)19/h3-6,12H,7-9H2,1-2H3,(H,18,19). The molecule has 1 heterocycles. The van der Waals surface area contributed by atoms with E-state index in [1.807, 2.05) is 31.1 Å². The van der Waals surface area contributed by atoms with E-state index in [-0.39, 0.29) is 12.5 Å². The maximum absolute atomic E-state index is 12.4. The molecular weight excluding hydrogens is 260 g/mol. The van der Waals surface area contributed by atoms with Crippen molar-refractivity contribution in [3.05, 3.63) is 29.8 Å². The number of carbonyl (C=O) groups excluding carboxylic acids is 1. The van der Waals surface area contributed by atoms with Crippen molar-refractivity contribution in [2.24, 2.45) is 0 Å². The van der Waals surface area contributed by atoms with Crippen LogP contribution in [-0.2, 0) is 9.53 Å². The largest absolute Gasteiger partial charge is 0.480 e. The molecule has 1 aromatic rings. The molecule has 1 aromatic carbocycles. The molecule has 1 aliphatic heterocycles. The van der Waals surface area contributed by atoms with Crippen LogP contribution in [0.5, 0.6) is 0 Å². The average Bonchev–Trinajstić information content (AvgIpc) is 2.46. The van der Waals surface area contributed by atoms with Gasteiger partial charge in [-0.1, -0.05) is 0 Å². The lowest BCUT2D eigenvalue weighted by molar-refractivity contribution is -0.147. The van der Waals surface area contributed by atoms with E-state index in [4.69, 9.17) is 9.84 Å². The highest BCUT2D eigenvalue weighted by molar-refractivity contribution is 5.97. The Hall–Kier alpha value is -2.08. The van der Waals surface area contributed by atoms with E-state index in [0.717, 1.165) is 5.69 Å².